The van der Waals surface area contributed by atoms with E-state index >= 15 is 0 Å². The molecule has 0 aromatic heterocycles. The molecule has 0 saturated carbocycles. The van der Waals surface area contributed by atoms with E-state index < -0.39 is 0 Å². The van der Waals surface area contributed by atoms with E-state index in [4.69, 9.17) is 5.73 Å². The van der Waals surface area contributed by atoms with Crippen LogP contribution >= 0.6 is 0 Å². The minimum Gasteiger partial charge on any atom is -0.328 e. The average Bonchev–Trinajstić information content (AvgIpc) is 2.16. The summed E-state index contributed by atoms with van der Waals surface area (Å²) in [6.45, 7) is 9.02. The summed E-state index contributed by atoms with van der Waals surface area (Å²) in [5.41, 5.74) is 5.92. The standard InChI is InChI=1S/C13H30N2/c1-4-7-13(14)9-11-15-10-6-5-8-12(2)3/h12-13,15H,4-11,14H2,1-3H3. The molecule has 0 aliphatic heterocycles. The molecule has 0 aliphatic carbocycles. The van der Waals surface area contributed by atoms with Gasteiger partial charge in [0.2, 0.25) is 0 Å². The molecule has 2 nitrogen and oxygen atoms in total. The number of hydrogen-bond donors (Lipinski definition) is 2. The van der Waals surface area contributed by atoms with Crippen molar-refractivity contribution in [1.29, 1.82) is 0 Å². The van der Waals surface area contributed by atoms with Gasteiger partial charge in [-0.05, 0) is 38.3 Å². The van der Waals surface area contributed by atoms with E-state index in [9.17, 15) is 0 Å². The highest BCUT2D eigenvalue weighted by Crippen LogP contribution is 2.05. The fraction of sp³-hybridized carbons (Fsp3) is 1.00. The molecule has 0 fully saturated rings. The highest BCUT2D eigenvalue weighted by atomic mass is 14.8. The van der Waals surface area contributed by atoms with E-state index in [2.05, 4.69) is 26.1 Å². The van der Waals surface area contributed by atoms with Crippen LogP contribution in [0.1, 0.15) is 59.3 Å². The van der Waals surface area contributed by atoms with E-state index in [1.54, 1.807) is 0 Å². The van der Waals surface area contributed by atoms with E-state index in [1.807, 2.05) is 0 Å². The average molecular weight is 214 g/mol. The molecule has 0 aromatic carbocycles. The second kappa shape index (κ2) is 10.4. The van der Waals surface area contributed by atoms with Crippen molar-refractivity contribution in [1.82, 2.24) is 5.32 Å². The largest absolute Gasteiger partial charge is 0.328 e. The summed E-state index contributed by atoms with van der Waals surface area (Å²) >= 11 is 0. The third-order valence-electron chi connectivity index (χ3n) is 2.74. The van der Waals surface area contributed by atoms with Gasteiger partial charge < -0.3 is 11.1 Å². The Balaban J connectivity index is 3.04. The molecule has 0 rings (SSSR count). The van der Waals surface area contributed by atoms with Gasteiger partial charge in [-0.15, -0.1) is 0 Å². The number of rotatable bonds is 10. The molecule has 0 aromatic rings. The van der Waals surface area contributed by atoms with Crippen LogP contribution in [0.15, 0.2) is 0 Å². The van der Waals surface area contributed by atoms with Gasteiger partial charge in [-0.25, -0.2) is 0 Å². The van der Waals surface area contributed by atoms with Crippen LogP contribution in [0, 0.1) is 5.92 Å². The fourth-order valence-corrected chi connectivity index (χ4v) is 1.73. The molecule has 0 radical (unpaired) electrons. The minimum atomic E-state index is 0.401. The molecule has 3 N–H and O–H groups in total. The predicted octanol–water partition coefficient (Wildman–Crippen LogP) is 2.92. The second-order valence-electron chi connectivity index (χ2n) is 4.98. The van der Waals surface area contributed by atoms with Crippen LogP contribution in [-0.4, -0.2) is 19.1 Å². The maximum atomic E-state index is 5.92. The van der Waals surface area contributed by atoms with Crippen molar-refractivity contribution in [3.05, 3.63) is 0 Å². The summed E-state index contributed by atoms with van der Waals surface area (Å²) in [5.74, 6) is 0.850. The maximum absolute atomic E-state index is 5.92. The Hall–Kier alpha value is -0.0800. The molecule has 0 spiro atoms. The van der Waals surface area contributed by atoms with Gasteiger partial charge in [0.15, 0.2) is 0 Å². The van der Waals surface area contributed by atoms with Crippen LogP contribution < -0.4 is 11.1 Å². The smallest absolute Gasteiger partial charge is 0.00508 e. The zero-order valence-electron chi connectivity index (χ0n) is 10.9. The molecule has 2 heteroatoms. The van der Waals surface area contributed by atoms with Crippen LogP contribution in [0.4, 0.5) is 0 Å². The lowest BCUT2D eigenvalue weighted by atomic mass is 10.1. The van der Waals surface area contributed by atoms with Crippen molar-refractivity contribution >= 4 is 0 Å². The van der Waals surface area contributed by atoms with Crippen molar-refractivity contribution < 1.29 is 0 Å². The molecule has 0 heterocycles. The third kappa shape index (κ3) is 11.8. The molecule has 1 atom stereocenters. The molecule has 0 amide bonds. The van der Waals surface area contributed by atoms with Crippen LogP contribution in [0.25, 0.3) is 0 Å². The molecule has 15 heavy (non-hydrogen) atoms. The quantitative estimate of drug-likeness (QED) is 0.549. The molecular formula is C13H30N2. The Morgan fingerprint density at radius 3 is 2.33 bits per heavy atom. The van der Waals surface area contributed by atoms with Crippen LogP contribution in [0.3, 0.4) is 0 Å². The lowest BCUT2D eigenvalue weighted by Crippen LogP contribution is -2.26. The van der Waals surface area contributed by atoms with E-state index in [-0.39, 0.29) is 0 Å². The summed E-state index contributed by atoms with van der Waals surface area (Å²) < 4.78 is 0. The number of unbranched alkanes of at least 4 members (excludes halogenated alkanes) is 1. The summed E-state index contributed by atoms with van der Waals surface area (Å²) in [4.78, 5) is 0. The summed E-state index contributed by atoms with van der Waals surface area (Å²) in [7, 11) is 0. The van der Waals surface area contributed by atoms with Gasteiger partial charge in [0.05, 0.1) is 0 Å². The Morgan fingerprint density at radius 1 is 1.00 bits per heavy atom. The molecule has 0 aliphatic rings. The zero-order chi connectivity index (χ0) is 11.5. The van der Waals surface area contributed by atoms with Crippen LogP contribution in [0.5, 0.6) is 0 Å². The molecule has 1 unspecified atom stereocenters. The van der Waals surface area contributed by atoms with Gasteiger partial charge in [-0.3, -0.25) is 0 Å². The molecule has 0 bridgehead atoms. The first-order valence-corrected chi connectivity index (χ1v) is 6.63. The molecular weight excluding hydrogens is 184 g/mol. The second-order valence-corrected chi connectivity index (χ2v) is 4.98. The highest BCUT2D eigenvalue weighted by molar-refractivity contribution is 4.62. The van der Waals surface area contributed by atoms with Crippen molar-refractivity contribution in [2.45, 2.75) is 65.3 Å². The summed E-state index contributed by atoms with van der Waals surface area (Å²) in [6, 6.07) is 0.401. The van der Waals surface area contributed by atoms with Gasteiger partial charge in [0.1, 0.15) is 0 Å². The van der Waals surface area contributed by atoms with E-state index in [0.29, 0.717) is 6.04 Å². The Labute approximate surface area is 96.0 Å². The fourth-order valence-electron chi connectivity index (χ4n) is 1.73. The van der Waals surface area contributed by atoms with E-state index in [0.717, 1.165) is 31.8 Å². The predicted molar refractivity (Wildman–Crippen MR) is 69.1 cm³/mol. The van der Waals surface area contributed by atoms with Crippen LogP contribution in [0.2, 0.25) is 0 Å². The first-order chi connectivity index (χ1) is 7.16. The van der Waals surface area contributed by atoms with Gasteiger partial charge in [-0.2, -0.15) is 0 Å². The highest BCUT2D eigenvalue weighted by Gasteiger charge is 1.99. The topological polar surface area (TPSA) is 38.0 Å². The zero-order valence-corrected chi connectivity index (χ0v) is 10.9. The third-order valence-corrected chi connectivity index (χ3v) is 2.74. The molecule has 0 saturated heterocycles. The first-order valence-electron chi connectivity index (χ1n) is 6.63. The molecule has 92 valence electrons. The summed E-state index contributed by atoms with van der Waals surface area (Å²) in [6.07, 6.45) is 7.51. The van der Waals surface area contributed by atoms with Crippen LogP contribution in [-0.2, 0) is 0 Å². The van der Waals surface area contributed by atoms with Gasteiger partial charge >= 0.3 is 0 Å². The normalized spacial score (nSPS) is 13.4. The van der Waals surface area contributed by atoms with Crippen molar-refractivity contribution in [2.75, 3.05) is 13.1 Å². The van der Waals surface area contributed by atoms with Gasteiger partial charge in [0.25, 0.3) is 0 Å². The Kier molecular flexibility index (Phi) is 10.4. The number of nitrogens with two attached hydrogens (primary N) is 1. The number of nitrogens with one attached hydrogen (secondary N) is 1. The Morgan fingerprint density at radius 2 is 1.73 bits per heavy atom. The van der Waals surface area contributed by atoms with Crippen molar-refractivity contribution in [2.24, 2.45) is 11.7 Å². The lowest BCUT2D eigenvalue weighted by Gasteiger charge is -2.11. The van der Waals surface area contributed by atoms with Gasteiger partial charge in [-0.1, -0.05) is 40.0 Å². The summed E-state index contributed by atoms with van der Waals surface area (Å²) in [5, 5.41) is 3.47. The van der Waals surface area contributed by atoms with E-state index in [1.165, 1.54) is 25.7 Å². The van der Waals surface area contributed by atoms with Gasteiger partial charge in [0, 0.05) is 6.04 Å². The SMILES string of the molecule is CCCC(N)CCNCCCCC(C)C. The first kappa shape index (κ1) is 14.9. The Bertz CT molecular complexity index is 124. The maximum Gasteiger partial charge on any atom is 0.00508 e. The number of hydrogen-bond acceptors (Lipinski definition) is 2. The minimum absolute atomic E-state index is 0.401. The lowest BCUT2D eigenvalue weighted by molar-refractivity contribution is 0.497. The monoisotopic (exact) mass is 214 g/mol. The van der Waals surface area contributed by atoms with Crippen molar-refractivity contribution in [3.63, 3.8) is 0 Å². The van der Waals surface area contributed by atoms with Crippen molar-refractivity contribution in [3.8, 4) is 0 Å².